The Balaban J connectivity index is 2.00. The maximum Gasteiger partial charge on any atom is 0.128 e. The van der Waals surface area contributed by atoms with Crippen LogP contribution in [-0.2, 0) is 19.6 Å². The summed E-state index contributed by atoms with van der Waals surface area (Å²) in [6.07, 6.45) is 0. The third-order valence-corrected chi connectivity index (χ3v) is 3.69. The number of hydrogen-bond donors (Lipinski definition) is 1. The summed E-state index contributed by atoms with van der Waals surface area (Å²) in [4.78, 5) is 2.09. The minimum absolute atomic E-state index is 0.185. The zero-order valence-electron chi connectivity index (χ0n) is 11.4. The van der Waals surface area contributed by atoms with Crippen molar-refractivity contribution in [3.05, 3.63) is 69.4 Å². The van der Waals surface area contributed by atoms with Crippen LogP contribution in [0.2, 0.25) is 0 Å². The van der Waals surface area contributed by atoms with Gasteiger partial charge in [-0.1, -0.05) is 40.2 Å². The van der Waals surface area contributed by atoms with Gasteiger partial charge in [-0.3, -0.25) is 4.90 Å². The molecule has 106 valence electrons. The van der Waals surface area contributed by atoms with E-state index in [2.05, 4.69) is 33.0 Å². The summed E-state index contributed by atoms with van der Waals surface area (Å²) in [5, 5.41) is 0. The monoisotopic (exact) mass is 336 g/mol. The molecule has 2 aromatic rings. The van der Waals surface area contributed by atoms with Crippen LogP contribution < -0.4 is 5.73 Å². The van der Waals surface area contributed by atoms with E-state index >= 15 is 0 Å². The van der Waals surface area contributed by atoms with E-state index in [9.17, 15) is 4.39 Å². The van der Waals surface area contributed by atoms with Crippen molar-refractivity contribution in [1.29, 1.82) is 0 Å². The Kier molecular flexibility index (Phi) is 5.29. The molecule has 0 spiro atoms. The normalized spacial score (nSPS) is 11.1. The van der Waals surface area contributed by atoms with Crippen molar-refractivity contribution in [2.75, 3.05) is 7.05 Å². The second-order valence-corrected chi connectivity index (χ2v) is 5.84. The van der Waals surface area contributed by atoms with Gasteiger partial charge < -0.3 is 5.73 Å². The first-order valence-electron chi connectivity index (χ1n) is 6.49. The average Bonchev–Trinajstić information content (AvgIpc) is 2.43. The van der Waals surface area contributed by atoms with Crippen LogP contribution in [-0.4, -0.2) is 11.9 Å². The van der Waals surface area contributed by atoms with Crippen LogP contribution in [0.25, 0.3) is 0 Å². The fraction of sp³-hybridized carbons (Fsp3) is 0.250. The fourth-order valence-corrected chi connectivity index (χ4v) is 2.36. The second-order valence-electron chi connectivity index (χ2n) is 4.93. The number of nitrogens with two attached hydrogens (primary N) is 1. The molecule has 2 aromatic carbocycles. The number of rotatable bonds is 5. The molecule has 0 saturated heterocycles. The van der Waals surface area contributed by atoms with Gasteiger partial charge >= 0.3 is 0 Å². The Hall–Kier alpha value is -1.23. The molecule has 0 atom stereocenters. The smallest absolute Gasteiger partial charge is 0.128 e. The van der Waals surface area contributed by atoms with Crippen molar-refractivity contribution in [2.45, 2.75) is 19.6 Å². The largest absolute Gasteiger partial charge is 0.326 e. The lowest BCUT2D eigenvalue weighted by molar-refractivity contribution is 0.313. The summed E-state index contributed by atoms with van der Waals surface area (Å²) in [5.41, 5.74) is 8.22. The summed E-state index contributed by atoms with van der Waals surface area (Å²) in [5.74, 6) is -0.185. The molecule has 4 heteroatoms. The molecule has 0 aliphatic heterocycles. The lowest BCUT2D eigenvalue weighted by atomic mass is 10.1. The van der Waals surface area contributed by atoms with E-state index in [-0.39, 0.29) is 5.82 Å². The molecule has 2 rings (SSSR count). The molecule has 0 radical (unpaired) electrons. The predicted molar refractivity (Wildman–Crippen MR) is 83.6 cm³/mol. The lowest BCUT2D eigenvalue weighted by Crippen LogP contribution is -2.18. The van der Waals surface area contributed by atoms with E-state index in [0.717, 1.165) is 16.6 Å². The summed E-state index contributed by atoms with van der Waals surface area (Å²) < 4.78 is 15.0. The van der Waals surface area contributed by atoms with Crippen molar-refractivity contribution in [3.63, 3.8) is 0 Å². The summed E-state index contributed by atoms with van der Waals surface area (Å²) in [7, 11) is 1.98. The van der Waals surface area contributed by atoms with Gasteiger partial charge in [-0.15, -0.1) is 0 Å². The molecular weight excluding hydrogens is 319 g/mol. The minimum atomic E-state index is -0.185. The highest BCUT2D eigenvalue weighted by molar-refractivity contribution is 9.10. The van der Waals surface area contributed by atoms with Crippen LogP contribution in [0, 0.1) is 5.82 Å². The van der Waals surface area contributed by atoms with Crippen LogP contribution in [0.15, 0.2) is 46.9 Å². The third-order valence-electron chi connectivity index (χ3n) is 3.16. The summed E-state index contributed by atoms with van der Waals surface area (Å²) in [6.45, 7) is 1.73. The Morgan fingerprint density at radius 3 is 2.30 bits per heavy atom. The van der Waals surface area contributed by atoms with E-state index in [1.54, 1.807) is 0 Å². The number of halogens is 2. The Morgan fingerprint density at radius 2 is 1.70 bits per heavy atom. The first-order chi connectivity index (χ1) is 9.58. The number of benzene rings is 2. The quantitative estimate of drug-likeness (QED) is 0.902. The maximum absolute atomic E-state index is 13.9. The third kappa shape index (κ3) is 4.13. The van der Waals surface area contributed by atoms with E-state index < -0.39 is 0 Å². The number of hydrogen-bond acceptors (Lipinski definition) is 2. The van der Waals surface area contributed by atoms with Crippen LogP contribution in [0.4, 0.5) is 4.39 Å². The summed E-state index contributed by atoms with van der Waals surface area (Å²) in [6, 6.07) is 13.4. The Bertz CT molecular complexity index is 569. The molecular formula is C16H18BrFN2. The van der Waals surface area contributed by atoms with Crippen LogP contribution in [0.3, 0.4) is 0 Å². The number of nitrogens with zero attached hydrogens (tertiary/aromatic N) is 1. The maximum atomic E-state index is 13.9. The van der Waals surface area contributed by atoms with Crippen LogP contribution in [0.5, 0.6) is 0 Å². The predicted octanol–water partition coefficient (Wildman–Crippen LogP) is 3.68. The molecule has 0 aliphatic carbocycles. The molecule has 2 N–H and O–H groups in total. The van der Waals surface area contributed by atoms with Gasteiger partial charge in [0.2, 0.25) is 0 Å². The van der Waals surface area contributed by atoms with Gasteiger partial charge in [0.15, 0.2) is 0 Å². The molecule has 0 aliphatic rings. The van der Waals surface area contributed by atoms with E-state index in [1.165, 1.54) is 11.6 Å². The topological polar surface area (TPSA) is 29.3 Å². The molecule has 0 fully saturated rings. The van der Waals surface area contributed by atoms with E-state index in [0.29, 0.717) is 18.7 Å². The van der Waals surface area contributed by atoms with Gasteiger partial charge in [-0.05, 0) is 36.4 Å². The zero-order chi connectivity index (χ0) is 14.5. The molecule has 20 heavy (non-hydrogen) atoms. The van der Waals surface area contributed by atoms with Crippen molar-refractivity contribution >= 4 is 15.9 Å². The standard InChI is InChI=1S/C16H18BrFN2/c1-20(10-12-3-6-15(17)7-4-12)11-14-5-2-13(9-19)8-16(14)18/h2-8H,9-11,19H2,1H3. The molecule has 2 nitrogen and oxygen atoms in total. The van der Waals surface area contributed by atoms with E-state index in [1.807, 2.05) is 31.3 Å². The van der Waals surface area contributed by atoms with Gasteiger partial charge in [-0.25, -0.2) is 4.39 Å². The highest BCUT2D eigenvalue weighted by Crippen LogP contribution is 2.15. The molecule has 0 amide bonds. The van der Waals surface area contributed by atoms with Crippen molar-refractivity contribution < 1.29 is 4.39 Å². The highest BCUT2D eigenvalue weighted by atomic mass is 79.9. The fourth-order valence-electron chi connectivity index (χ4n) is 2.09. The lowest BCUT2D eigenvalue weighted by Gasteiger charge is -2.17. The van der Waals surface area contributed by atoms with Gasteiger partial charge in [0.25, 0.3) is 0 Å². The molecule has 0 unspecified atom stereocenters. The minimum Gasteiger partial charge on any atom is -0.326 e. The Labute approximate surface area is 127 Å². The van der Waals surface area contributed by atoms with Gasteiger partial charge in [0.05, 0.1) is 0 Å². The Morgan fingerprint density at radius 1 is 1.05 bits per heavy atom. The second kappa shape index (κ2) is 6.97. The van der Waals surface area contributed by atoms with E-state index in [4.69, 9.17) is 5.73 Å². The van der Waals surface area contributed by atoms with Gasteiger partial charge in [-0.2, -0.15) is 0 Å². The molecule has 0 aromatic heterocycles. The molecule has 0 heterocycles. The van der Waals surface area contributed by atoms with Gasteiger partial charge in [0.1, 0.15) is 5.82 Å². The van der Waals surface area contributed by atoms with Gasteiger partial charge in [0, 0.05) is 29.7 Å². The average molecular weight is 337 g/mol. The van der Waals surface area contributed by atoms with Crippen LogP contribution in [0.1, 0.15) is 16.7 Å². The zero-order valence-corrected chi connectivity index (χ0v) is 13.0. The first kappa shape index (κ1) is 15.2. The first-order valence-corrected chi connectivity index (χ1v) is 7.28. The van der Waals surface area contributed by atoms with Crippen LogP contribution >= 0.6 is 15.9 Å². The summed E-state index contributed by atoms with van der Waals surface area (Å²) >= 11 is 3.42. The van der Waals surface area contributed by atoms with Crippen molar-refractivity contribution in [1.82, 2.24) is 4.90 Å². The SMILES string of the molecule is CN(Cc1ccc(Br)cc1)Cc1ccc(CN)cc1F. The van der Waals surface area contributed by atoms with Crippen molar-refractivity contribution in [3.8, 4) is 0 Å². The molecule has 0 saturated carbocycles. The highest BCUT2D eigenvalue weighted by Gasteiger charge is 2.07. The molecule has 0 bridgehead atoms. The van der Waals surface area contributed by atoms with Crippen molar-refractivity contribution in [2.24, 2.45) is 5.73 Å².